The molecular weight excluding hydrogens is 306 g/mol. The molecule has 0 saturated carbocycles. The van der Waals surface area contributed by atoms with Crippen LogP contribution >= 0.6 is 0 Å². The topological polar surface area (TPSA) is 57.6 Å². The van der Waals surface area contributed by atoms with Gasteiger partial charge in [-0.05, 0) is 25.5 Å². The number of aryl methyl sites for hydroxylation is 1. The van der Waals surface area contributed by atoms with E-state index in [1.54, 1.807) is 6.92 Å². The van der Waals surface area contributed by atoms with E-state index in [2.05, 4.69) is 0 Å². The quantitative estimate of drug-likeness (QED) is 0.853. The smallest absolute Gasteiger partial charge is 0.406 e. The molecule has 1 aliphatic rings. The molecule has 8 heteroatoms. The fraction of sp³-hybridized carbons (Fsp3) is 0.429. The molecule has 1 amide bonds. The predicted octanol–water partition coefficient (Wildman–Crippen LogP) is 2.61. The Morgan fingerprint density at radius 1 is 1.32 bits per heavy atom. The number of hydrogen-bond acceptors (Lipinski definition) is 2. The van der Waals surface area contributed by atoms with E-state index in [4.69, 9.17) is 5.11 Å². The molecule has 1 aromatic carbocycles. The van der Waals surface area contributed by atoms with Gasteiger partial charge in [-0.3, -0.25) is 9.59 Å². The summed E-state index contributed by atoms with van der Waals surface area (Å²) in [6.07, 6.45) is -5.73. The van der Waals surface area contributed by atoms with Crippen molar-refractivity contribution in [2.45, 2.75) is 19.5 Å². The second-order valence-electron chi connectivity index (χ2n) is 5.35. The third kappa shape index (κ3) is 2.53. The minimum atomic E-state index is -4.99. The highest BCUT2D eigenvalue weighted by Gasteiger charge is 2.64. The minimum Gasteiger partial charge on any atom is -0.481 e. The number of halogens is 4. The maximum Gasteiger partial charge on any atom is 0.406 e. The average molecular weight is 319 g/mol. The molecule has 1 aromatic rings. The summed E-state index contributed by atoms with van der Waals surface area (Å²) in [7, 11) is 0. The molecule has 0 aliphatic carbocycles. The Kier molecular flexibility index (Phi) is 3.88. The molecule has 120 valence electrons. The van der Waals surface area contributed by atoms with Gasteiger partial charge < -0.3 is 10.0 Å². The van der Waals surface area contributed by atoms with Gasteiger partial charge in [-0.15, -0.1) is 0 Å². The van der Waals surface area contributed by atoms with Crippen molar-refractivity contribution in [3.8, 4) is 0 Å². The molecule has 1 heterocycles. The van der Waals surface area contributed by atoms with Crippen LogP contribution in [0.25, 0.3) is 0 Å². The van der Waals surface area contributed by atoms with Gasteiger partial charge in [-0.25, -0.2) is 4.39 Å². The number of nitrogens with zero attached hydrogens (tertiary/aromatic N) is 1. The third-order valence-electron chi connectivity index (χ3n) is 3.86. The second kappa shape index (κ2) is 5.26. The van der Waals surface area contributed by atoms with Crippen LogP contribution in [0.15, 0.2) is 18.2 Å². The van der Waals surface area contributed by atoms with Gasteiger partial charge in [0.25, 0.3) is 5.91 Å². The van der Waals surface area contributed by atoms with Gasteiger partial charge in [0.1, 0.15) is 5.82 Å². The maximum atomic E-state index is 13.7. The SMILES string of the molecule is Cc1ccc(F)c(C(=O)N2CCC(C(=O)O)(C(F)(F)F)C2)c1. The van der Waals surface area contributed by atoms with Crippen LogP contribution in [0.3, 0.4) is 0 Å². The van der Waals surface area contributed by atoms with E-state index in [1.807, 2.05) is 0 Å². The molecule has 1 atom stereocenters. The summed E-state index contributed by atoms with van der Waals surface area (Å²) in [4.78, 5) is 24.0. The lowest BCUT2D eigenvalue weighted by atomic mass is 9.86. The van der Waals surface area contributed by atoms with E-state index in [1.165, 1.54) is 12.1 Å². The van der Waals surface area contributed by atoms with Crippen LogP contribution < -0.4 is 0 Å². The summed E-state index contributed by atoms with van der Waals surface area (Å²) in [6.45, 7) is 0.202. The van der Waals surface area contributed by atoms with E-state index < -0.39 is 48.8 Å². The number of hydrogen-bond donors (Lipinski definition) is 1. The number of carboxylic acid groups (broad SMARTS) is 1. The number of carboxylic acids is 1. The first-order valence-corrected chi connectivity index (χ1v) is 6.44. The Morgan fingerprint density at radius 3 is 2.45 bits per heavy atom. The number of carbonyl (C=O) groups is 2. The molecule has 1 fully saturated rings. The van der Waals surface area contributed by atoms with Crippen molar-refractivity contribution in [2.75, 3.05) is 13.1 Å². The number of amides is 1. The van der Waals surface area contributed by atoms with Crippen LogP contribution in [-0.4, -0.2) is 41.1 Å². The Morgan fingerprint density at radius 2 is 1.95 bits per heavy atom. The highest BCUT2D eigenvalue weighted by Crippen LogP contribution is 2.46. The third-order valence-corrected chi connectivity index (χ3v) is 3.86. The first-order valence-electron chi connectivity index (χ1n) is 6.44. The summed E-state index contributed by atoms with van der Waals surface area (Å²) in [5, 5.41) is 8.94. The second-order valence-corrected chi connectivity index (χ2v) is 5.35. The molecular formula is C14H13F4NO3. The highest BCUT2D eigenvalue weighted by atomic mass is 19.4. The maximum absolute atomic E-state index is 13.7. The van der Waals surface area contributed by atoms with Crippen molar-refractivity contribution in [1.29, 1.82) is 0 Å². The zero-order valence-corrected chi connectivity index (χ0v) is 11.6. The molecule has 1 N–H and O–H groups in total. The summed E-state index contributed by atoms with van der Waals surface area (Å²) in [5.41, 5.74) is -2.78. The molecule has 2 rings (SSSR count). The summed E-state index contributed by atoms with van der Waals surface area (Å²) >= 11 is 0. The van der Waals surface area contributed by atoms with Gasteiger partial charge in [0.2, 0.25) is 0 Å². The fourth-order valence-electron chi connectivity index (χ4n) is 2.48. The fourth-order valence-corrected chi connectivity index (χ4v) is 2.48. The molecule has 0 aromatic heterocycles. The largest absolute Gasteiger partial charge is 0.481 e. The summed E-state index contributed by atoms with van der Waals surface area (Å²) in [5.74, 6) is -3.82. The van der Waals surface area contributed by atoms with Crippen molar-refractivity contribution in [2.24, 2.45) is 5.41 Å². The number of benzene rings is 1. The number of aliphatic carboxylic acids is 1. The van der Waals surface area contributed by atoms with Crippen molar-refractivity contribution in [1.82, 2.24) is 4.90 Å². The average Bonchev–Trinajstić information content (AvgIpc) is 2.87. The van der Waals surface area contributed by atoms with E-state index in [9.17, 15) is 27.2 Å². The van der Waals surface area contributed by atoms with E-state index in [-0.39, 0.29) is 5.56 Å². The van der Waals surface area contributed by atoms with Gasteiger partial charge in [-0.1, -0.05) is 11.6 Å². The Hall–Kier alpha value is -2.12. The van der Waals surface area contributed by atoms with Crippen molar-refractivity contribution in [3.63, 3.8) is 0 Å². The van der Waals surface area contributed by atoms with Crippen LogP contribution in [-0.2, 0) is 4.79 Å². The van der Waals surface area contributed by atoms with Gasteiger partial charge >= 0.3 is 12.1 Å². The normalized spacial score (nSPS) is 22.0. The van der Waals surface area contributed by atoms with Crippen LogP contribution in [0.4, 0.5) is 17.6 Å². The number of rotatable bonds is 2. The molecule has 1 saturated heterocycles. The van der Waals surface area contributed by atoms with Gasteiger partial charge in [0.15, 0.2) is 5.41 Å². The zero-order valence-electron chi connectivity index (χ0n) is 11.6. The first-order chi connectivity index (χ1) is 10.1. The lowest BCUT2D eigenvalue weighted by Crippen LogP contribution is -2.47. The van der Waals surface area contributed by atoms with E-state index >= 15 is 0 Å². The van der Waals surface area contributed by atoms with Gasteiger partial charge in [0.05, 0.1) is 5.56 Å². The molecule has 4 nitrogen and oxygen atoms in total. The van der Waals surface area contributed by atoms with Gasteiger partial charge in [0, 0.05) is 13.1 Å². The first kappa shape index (κ1) is 16.3. The van der Waals surface area contributed by atoms with Crippen LogP contribution in [0.5, 0.6) is 0 Å². The molecule has 0 bridgehead atoms. The van der Waals surface area contributed by atoms with Crippen molar-refractivity contribution in [3.05, 3.63) is 35.1 Å². The standard InChI is InChI=1S/C14H13F4NO3/c1-8-2-3-10(15)9(6-8)11(20)19-5-4-13(7-19,12(21)22)14(16,17)18/h2-3,6H,4-5,7H2,1H3,(H,21,22). The molecule has 1 unspecified atom stereocenters. The van der Waals surface area contributed by atoms with Crippen molar-refractivity contribution < 1.29 is 32.3 Å². The van der Waals surface area contributed by atoms with E-state index in [0.717, 1.165) is 11.0 Å². The monoisotopic (exact) mass is 319 g/mol. The minimum absolute atomic E-state index is 0.358. The Labute approximate surface area is 123 Å². The lowest BCUT2D eigenvalue weighted by molar-refractivity contribution is -0.227. The molecule has 0 spiro atoms. The van der Waals surface area contributed by atoms with Gasteiger partial charge in [-0.2, -0.15) is 13.2 Å². The number of alkyl halides is 3. The molecule has 1 aliphatic heterocycles. The number of carbonyl (C=O) groups excluding carboxylic acids is 1. The van der Waals surface area contributed by atoms with Crippen LogP contribution in [0, 0.1) is 18.2 Å². The predicted molar refractivity (Wildman–Crippen MR) is 67.8 cm³/mol. The number of likely N-dealkylation sites (tertiary alicyclic amines) is 1. The lowest BCUT2D eigenvalue weighted by Gasteiger charge is -2.27. The Balaban J connectivity index is 2.31. The highest BCUT2D eigenvalue weighted by molar-refractivity contribution is 5.95. The van der Waals surface area contributed by atoms with Crippen LogP contribution in [0.2, 0.25) is 0 Å². The Bertz CT molecular complexity index is 629. The summed E-state index contributed by atoms with van der Waals surface area (Å²) in [6, 6.07) is 3.70. The van der Waals surface area contributed by atoms with Crippen LogP contribution in [0.1, 0.15) is 22.3 Å². The summed E-state index contributed by atoms with van der Waals surface area (Å²) < 4.78 is 52.8. The van der Waals surface area contributed by atoms with Crippen molar-refractivity contribution >= 4 is 11.9 Å². The molecule has 22 heavy (non-hydrogen) atoms. The molecule has 0 radical (unpaired) electrons. The zero-order chi connectivity index (χ0) is 16.7. The van der Waals surface area contributed by atoms with E-state index in [0.29, 0.717) is 5.56 Å².